The first kappa shape index (κ1) is 11.7. The molecular formula is C12H16FNO. The van der Waals surface area contributed by atoms with Crippen molar-refractivity contribution in [1.29, 1.82) is 0 Å². The highest BCUT2D eigenvalue weighted by Gasteiger charge is 2.06. The van der Waals surface area contributed by atoms with Gasteiger partial charge in [0, 0.05) is 6.04 Å². The minimum Gasteiger partial charge on any atom is -0.486 e. The molecule has 0 heterocycles. The Hall–Kier alpha value is -1.35. The molecule has 1 atom stereocenters. The lowest BCUT2D eigenvalue weighted by Gasteiger charge is -2.09. The molecule has 0 aliphatic carbocycles. The summed E-state index contributed by atoms with van der Waals surface area (Å²) in [7, 11) is 0. The van der Waals surface area contributed by atoms with Crippen LogP contribution in [0, 0.1) is 5.82 Å². The van der Waals surface area contributed by atoms with Gasteiger partial charge in [-0.2, -0.15) is 0 Å². The van der Waals surface area contributed by atoms with Gasteiger partial charge in [-0.3, -0.25) is 0 Å². The summed E-state index contributed by atoms with van der Waals surface area (Å²) in [5, 5.41) is 0. The molecule has 0 aromatic heterocycles. The van der Waals surface area contributed by atoms with Crippen molar-refractivity contribution in [3.63, 3.8) is 0 Å². The SMILES string of the molecule is C/C=C/COc1ccc([C@@H](C)N)cc1F. The fourth-order valence-electron chi connectivity index (χ4n) is 1.15. The third kappa shape index (κ3) is 3.36. The Morgan fingerprint density at radius 1 is 1.53 bits per heavy atom. The number of halogens is 1. The molecule has 0 fully saturated rings. The van der Waals surface area contributed by atoms with E-state index < -0.39 is 0 Å². The van der Waals surface area contributed by atoms with E-state index in [1.165, 1.54) is 6.07 Å². The molecule has 1 rings (SSSR count). The van der Waals surface area contributed by atoms with Crippen LogP contribution in [0.2, 0.25) is 0 Å². The summed E-state index contributed by atoms with van der Waals surface area (Å²) >= 11 is 0. The second-order valence-electron chi connectivity index (χ2n) is 3.36. The highest BCUT2D eigenvalue weighted by atomic mass is 19.1. The van der Waals surface area contributed by atoms with Crippen LogP contribution in [0.1, 0.15) is 25.5 Å². The third-order valence-electron chi connectivity index (χ3n) is 2.05. The highest BCUT2D eigenvalue weighted by Crippen LogP contribution is 2.20. The summed E-state index contributed by atoms with van der Waals surface area (Å²) in [5.41, 5.74) is 6.41. The summed E-state index contributed by atoms with van der Waals surface area (Å²) in [4.78, 5) is 0. The molecule has 0 unspecified atom stereocenters. The highest BCUT2D eigenvalue weighted by molar-refractivity contribution is 5.30. The lowest BCUT2D eigenvalue weighted by Crippen LogP contribution is -2.05. The van der Waals surface area contributed by atoms with Crippen molar-refractivity contribution in [1.82, 2.24) is 0 Å². The largest absolute Gasteiger partial charge is 0.486 e. The molecule has 1 aromatic carbocycles. The predicted molar refractivity (Wildman–Crippen MR) is 59.3 cm³/mol. The van der Waals surface area contributed by atoms with E-state index >= 15 is 0 Å². The van der Waals surface area contributed by atoms with Gasteiger partial charge in [0.25, 0.3) is 0 Å². The first-order valence-electron chi connectivity index (χ1n) is 4.94. The maximum Gasteiger partial charge on any atom is 0.165 e. The smallest absolute Gasteiger partial charge is 0.165 e. The first-order chi connectivity index (χ1) is 7.15. The van der Waals surface area contributed by atoms with E-state index in [0.717, 1.165) is 5.56 Å². The minimum atomic E-state index is -0.366. The second kappa shape index (κ2) is 5.51. The molecule has 2 N–H and O–H groups in total. The molecule has 0 amide bonds. The number of benzene rings is 1. The van der Waals surface area contributed by atoms with Crippen molar-refractivity contribution >= 4 is 0 Å². The maximum absolute atomic E-state index is 13.4. The molecule has 0 spiro atoms. The van der Waals surface area contributed by atoms with Crippen LogP contribution in [0.3, 0.4) is 0 Å². The van der Waals surface area contributed by atoms with Crippen LogP contribution < -0.4 is 10.5 Å². The maximum atomic E-state index is 13.4. The Labute approximate surface area is 89.6 Å². The second-order valence-corrected chi connectivity index (χ2v) is 3.36. The Balaban J connectivity index is 2.74. The number of rotatable bonds is 4. The standard InChI is InChI=1S/C12H16FNO/c1-3-4-7-15-12-6-5-10(9(2)14)8-11(12)13/h3-6,8-9H,7,14H2,1-2H3/b4-3+/t9-/m1/s1. The average molecular weight is 209 g/mol. The average Bonchev–Trinajstić information content (AvgIpc) is 2.20. The van der Waals surface area contributed by atoms with Crippen LogP contribution in [0.15, 0.2) is 30.4 Å². The van der Waals surface area contributed by atoms with Gasteiger partial charge in [-0.1, -0.05) is 18.2 Å². The van der Waals surface area contributed by atoms with E-state index in [2.05, 4.69) is 0 Å². The molecule has 0 aliphatic rings. The van der Waals surface area contributed by atoms with E-state index in [4.69, 9.17) is 10.5 Å². The van der Waals surface area contributed by atoms with Crippen molar-refractivity contribution in [3.05, 3.63) is 41.7 Å². The normalized spacial score (nSPS) is 13.1. The van der Waals surface area contributed by atoms with Crippen LogP contribution >= 0.6 is 0 Å². The van der Waals surface area contributed by atoms with Gasteiger partial charge in [0.2, 0.25) is 0 Å². The van der Waals surface area contributed by atoms with Gasteiger partial charge >= 0.3 is 0 Å². The number of hydrogen-bond donors (Lipinski definition) is 1. The number of hydrogen-bond acceptors (Lipinski definition) is 2. The van der Waals surface area contributed by atoms with Crippen molar-refractivity contribution in [2.45, 2.75) is 19.9 Å². The van der Waals surface area contributed by atoms with Crippen LogP contribution in [0.5, 0.6) is 5.75 Å². The molecule has 1 aromatic rings. The molecular weight excluding hydrogens is 193 g/mol. The van der Waals surface area contributed by atoms with Crippen molar-refractivity contribution in [2.24, 2.45) is 5.73 Å². The summed E-state index contributed by atoms with van der Waals surface area (Å²) < 4.78 is 18.6. The molecule has 82 valence electrons. The van der Waals surface area contributed by atoms with Gasteiger partial charge < -0.3 is 10.5 Å². The van der Waals surface area contributed by atoms with E-state index in [0.29, 0.717) is 6.61 Å². The summed E-state index contributed by atoms with van der Waals surface area (Å²) in [6.07, 6.45) is 3.67. The van der Waals surface area contributed by atoms with Crippen molar-refractivity contribution in [3.8, 4) is 5.75 Å². The van der Waals surface area contributed by atoms with Crippen molar-refractivity contribution < 1.29 is 9.13 Å². The molecule has 0 bridgehead atoms. The van der Waals surface area contributed by atoms with Gasteiger partial charge in [-0.25, -0.2) is 4.39 Å². The van der Waals surface area contributed by atoms with E-state index in [1.807, 2.05) is 26.0 Å². The van der Waals surface area contributed by atoms with Crippen LogP contribution in [-0.4, -0.2) is 6.61 Å². The lowest BCUT2D eigenvalue weighted by atomic mass is 10.1. The van der Waals surface area contributed by atoms with Gasteiger partial charge in [0.15, 0.2) is 11.6 Å². The first-order valence-corrected chi connectivity index (χ1v) is 4.94. The summed E-state index contributed by atoms with van der Waals surface area (Å²) in [5.74, 6) is -0.105. The van der Waals surface area contributed by atoms with E-state index in [9.17, 15) is 4.39 Å². The van der Waals surface area contributed by atoms with Gasteiger partial charge in [-0.05, 0) is 31.5 Å². The number of ether oxygens (including phenoxy) is 1. The quantitative estimate of drug-likeness (QED) is 0.774. The monoisotopic (exact) mass is 209 g/mol. The summed E-state index contributed by atoms with van der Waals surface area (Å²) in [6.45, 7) is 4.08. The predicted octanol–water partition coefficient (Wildman–Crippen LogP) is 2.80. The number of allylic oxidation sites excluding steroid dienone is 1. The molecule has 0 saturated carbocycles. The molecule has 2 nitrogen and oxygen atoms in total. The van der Waals surface area contributed by atoms with Gasteiger partial charge in [0.05, 0.1) is 0 Å². The van der Waals surface area contributed by atoms with Crippen LogP contribution in [0.4, 0.5) is 4.39 Å². The Morgan fingerprint density at radius 2 is 2.27 bits per heavy atom. The molecule has 15 heavy (non-hydrogen) atoms. The molecule has 3 heteroatoms. The summed E-state index contributed by atoms with van der Waals surface area (Å²) in [6, 6.07) is 4.63. The third-order valence-corrected chi connectivity index (χ3v) is 2.05. The topological polar surface area (TPSA) is 35.2 Å². The molecule has 0 aliphatic heterocycles. The molecule has 0 radical (unpaired) electrons. The Kier molecular flexibility index (Phi) is 4.31. The van der Waals surface area contributed by atoms with Crippen LogP contribution in [-0.2, 0) is 0 Å². The zero-order valence-electron chi connectivity index (χ0n) is 9.03. The fourth-order valence-corrected chi connectivity index (χ4v) is 1.15. The van der Waals surface area contributed by atoms with E-state index in [1.54, 1.807) is 12.1 Å². The zero-order chi connectivity index (χ0) is 11.3. The van der Waals surface area contributed by atoms with Gasteiger partial charge in [0.1, 0.15) is 6.61 Å². The van der Waals surface area contributed by atoms with E-state index in [-0.39, 0.29) is 17.6 Å². The lowest BCUT2D eigenvalue weighted by molar-refractivity contribution is 0.341. The fraction of sp³-hybridized carbons (Fsp3) is 0.333. The number of nitrogens with two attached hydrogens (primary N) is 1. The van der Waals surface area contributed by atoms with Crippen molar-refractivity contribution in [2.75, 3.05) is 6.61 Å². The Bertz CT molecular complexity index is 347. The molecule has 0 saturated heterocycles. The zero-order valence-corrected chi connectivity index (χ0v) is 9.03. The van der Waals surface area contributed by atoms with Crippen LogP contribution in [0.25, 0.3) is 0 Å². The Morgan fingerprint density at radius 3 is 2.80 bits per heavy atom. The minimum absolute atomic E-state index is 0.163. The van der Waals surface area contributed by atoms with Gasteiger partial charge in [-0.15, -0.1) is 0 Å².